The molecule has 0 spiro atoms. The molecule has 1 aliphatic rings. The Bertz CT molecular complexity index is 923. The van der Waals surface area contributed by atoms with Crippen molar-refractivity contribution in [1.82, 2.24) is 9.88 Å². The van der Waals surface area contributed by atoms with E-state index in [1.807, 2.05) is 72.5 Å². The molecule has 0 saturated carbocycles. The number of aryl methyl sites for hydroxylation is 1. The van der Waals surface area contributed by atoms with Gasteiger partial charge in [0.2, 0.25) is 0 Å². The zero-order valence-corrected chi connectivity index (χ0v) is 14.7. The Hall–Kier alpha value is -3.14. The van der Waals surface area contributed by atoms with E-state index in [1.165, 1.54) is 5.56 Å². The number of benzene rings is 2. The molecule has 1 aliphatic heterocycles. The highest BCUT2D eigenvalue weighted by Crippen LogP contribution is 2.32. The maximum Gasteiger partial charge on any atom is 0.257 e. The smallest absolute Gasteiger partial charge is 0.257 e. The van der Waals surface area contributed by atoms with Crippen molar-refractivity contribution in [3.05, 3.63) is 95.3 Å². The predicted molar refractivity (Wildman–Crippen MR) is 103 cm³/mol. The van der Waals surface area contributed by atoms with Crippen LogP contribution in [0.15, 0.2) is 72.8 Å². The molecule has 130 valence electrons. The van der Waals surface area contributed by atoms with Gasteiger partial charge in [-0.2, -0.15) is 0 Å². The van der Waals surface area contributed by atoms with Crippen LogP contribution < -0.4 is 5.32 Å². The maximum absolute atomic E-state index is 13.2. The molecule has 0 aliphatic carbocycles. The molecule has 26 heavy (non-hydrogen) atoms. The first-order valence-electron chi connectivity index (χ1n) is 8.86. The first-order chi connectivity index (χ1) is 12.7. The molecule has 1 N–H and O–H groups in total. The highest BCUT2D eigenvalue weighted by Gasteiger charge is 2.33. The summed E-state index contributed by atoms with van der Waals surface area (Å²) in [6, 6.07) is 23.8. The minimum atomic E-state index is -0.263. The number of amides is 1. The van der Waals surface area contributed by atoms with Gasteiger partial charge in [-0.15, -0.1) is 0 Å². The Kier molecular flexibility index (Phi) is 4.40. The molecule has 1 aromatic heterocycles. The van der Waals surface area contributed by atoms with Gasteiger partial charge < -0.3 is 10.2 Å². The Morgan fingerprint density at radius 2 is 1.73 bits per heavy atom. The van der Waals surface area contributed by atoms with E-state index in [4.69, 9.17) is 0 Å². The van der Waals surface area contributed by atoms with E-state index in [9.17, 15) is 4.79 Å². The van der Waals surface area contributed by atoms with Crippen molar-refractivity contribution in [1.29, 1.82) is 0 Å². The molecule has 1 atom stereocenters. The summed E-state index contributed by atoms with van der Waals surface area (Å²) in [7, 11) is 0. The van der Waals surface area contributed by atoms with E-state index in [-0.39, 0.29) is 12.1 Å². The van der Waals surface area contributed by atoms with Gasteiger partial charge >= 0.3 is 0 Å². The Morgan fingerprint density at radius 3 is 2.54 bits per heavy atom. The van der Waals surface area contributed by atoms with Gasteiger partial charge in [-0.05, 0) is 43.2 Å². The zero-order valence-electron chi connectivity index (χ0n) is 14.7. The third-order valence-corrected chi connectivity index (χ3v) is 4.70. The van der Waals surface area contributed by atoms with Crippen molar-refractivity contribution in [2.45, 2.75) is 19.5 Å². The van der Waals surface area contributed by atoms with Crippen LogP contribution in [0.1, 0.15) is 33.5 Å². The Balaban J connectivity index is 1.68. The zero-order chi connectivity index (χ0) is 17.9. The molecule has 0 saturated heterocycles. The lowest BCUT2D eigenvalue weighted by molar-refractivity contribution is 0.0682. The molecular formula is C22H21N3O. The second kappa shape index (κ2) is 7.00. The Morgan fingerprint density at radius 1 is 0.962 bits per heavy atom. The molecule has 2 aromatic carbocycles. The lowest BCUT2D eigenvalue weighted by Gasteiger charge is -2.37. The molecule has 4 heteroatoms. The number of carbonyl (C=O) groups excluding carboxylic acids is 1. The van der Waals surface area contributed by atoms with Crippen molar-refractivity contribution in [2.24, 2.45) is 0 Å². The van der Waals surface area contributed by atoms with Crippen LogP contribution in [0.5, 0.6) is 0 Å². The predicted octanol–water partition coefficient (Wildman–Crippen LogP) is 4.20. The number of pyridine rings is 1. The second-order valence-electron chi connectivity index (χ2n) is 6.53. The van der Waals surface area contributed by atoms with Gasteiger partial charge in [0.25, 0.3) is 5.91 Å². The van der Waals surface area contributed by atoms with E-state index >= 15 is 0 Å². The van der Waals surface area contributed by atoms with E-state index in [2.05, 4.69) is 22.4 Å². The molecular weight excluding hydrogens is 322 g/mol. The molecule has 4 rings (SSSR count). The average molecular weight is 343 g/mol. The molecule has 0 radical (unpaired) electrons. The van der Waals surface area contributed by atoms with Crippen LogP contribution in [0, 0.1) is 6.92 Å². The number of nitrogens with zero attached hydrogens (tertiary/aromatic N) is 2. The topological polar surface area (TPSA) is 45.2 Å². The number of fused-ring (bicyclic) bond motifs is 1. The van der Waals surface area contributed by atoms with Gasteiger partial charge in [0, 0.05) is 17.9 Å². The summed E-state index contributed by atoms with van der Waals surface area (Å²) >= 11 is 0. The summed E-state index contributed by atoms with van der Waals surface area (Å²) in [6.45, 7) is 2.60. The quantitative estimate of drug-likeness (QED) is 0.772. The number of hydrogen-bond acceptors (Lipinski definition) is 3. The second-order valence-corrected chi connectivity index (χ2v) is 6.53. The summed E-state index contributed by atoms with van der Waals surface area (Å²) < 4.78 is 0. The van der Waals surface area contributed by atoms with Crippen LogP contribution in [0.25, 0.3) is 0 Å². The number of aromatic nitrogens is 1. The summed E-state index contributed by atoms with van der Waals surface area (Å²) in [6.07, 6.45) is 0.541. The number of nitrogens with one attached hydrogen (secondary N) is 1. The van der Waals surface area contributed by atoms with Crippen LogP contribution in [0.2, 0.25) is 0 Å². The summed E-state index contributed by atoms with van der Waals surface area (Å²) in [5.74, 6) is 0.0450. The number of anilines is 1. The fraction of sp³-hybridized carbons (Fsp3) is 0.182. The first kappa shape index (κ1) is 16.3. The normalized spacial score (nSPS) is 16.1. The monoisotopic (exact) mass is 343 g/mol. The molecule has 1 amide bonds. The largest absolute Gasteiger partial charge is 0.359 e. The number of para-hydroxylation sites is 1. The summed E-state index contributed by atoms with van der Waals surface area (Å²) in [5.41, 5.74) is 4.60. The average Bonchev–Trinajstić information content (AvgIpc) is 2.68. The van der Waals surface area contributed by atoms with Crippen LogP contribution >= 0.6 is 0 Å². The van der Waals surface area contributed by atoms with Crippen LogP contribution in [-0.4, -0.2) is 22.3 Å². The molecule has 2 heterocycles. The first-order valence-corrected chi connectivity index (χ1v) is 8.86. The summed E-state index contributed by atoms with van der Waals surface area (Å²) in [5, 5.41) is 3.50. The van der Waals surface area contributed by atoms with Gasteiger partial charge in [-0.1, -0.05) is 48.5 Å². The van der Waals surface area contributed by atoms with Crippen LogP contribution in [0.3, 0.4) is 0 Å². The molecule has 4 nitrogen and oxygen atoms in total. The van der Waals surface area contributed by atoms with E-state index in [0.717, 1.165) is 23.5 Å². The fourth-order valence-electron chi connectivity index (χ4n) is 3.37. The van der Waals surface area contributed by atoms with Crippen molar-refractivity contribution in [3.8, 4) is 0 Å². The fourth-order valence-corrected chi connectivity index (χ4v) is 3.37. The van der Waals surface area contributed by atoms with Gasteiger partial charge in [-0.3, -0.25) is 9.78 Å². The van der Waals surface area contributed by atoms with Crippen molar-refractivity contribution in [2.75, 3.05) is 11.9 Å². The van der Waals surface area contributed by atoms with Crippen molar-refractivity contribution >= 4 is 11.6 Å². The van der Waals surface area contributed by atoms with Gasteiger partial charge in [0.1, 0.15) is 6.17 Å². The minimum absolute atomic E-state index is 0.0450. The third kappa shape index (κ3) is 3.18. The lowest BCUT2D eigenvalue weighted by Crippen LogP contribution is -2.44. The van der Waals surface area contributed by atoms with E-state index in [1.54, 1.807) is 0 Å². The maximum atomic E-state index is 13.2. The van der Waals surface area contributed by atoms with Crippen LogP contribution in [-0.2, 0) is 6.42 Å². The van der Waals surface area contributed by atoms with Crippen molar-refractivity contribution in [3.63, 3.8) is 0 Å². The minimum Gasteiger partial charge on any atom is -0.359 e. The highest BCUT2D eigenvalue weighted by molar-refractivity contribution is 6.01. The SMILES string of the molecule is Cc1cccc([C@H]2Nc3ccccc3C(=O)N2CCc2ccccc2)n1. The molecule has 0 unspecified atom stereocenters. The van der Waals surface area contributed by atoms with Crippen molar-refractivity contribution < 1.29 is 4.79 Å². The third-order valence-electron chi connectivity index (χ3n) is 4.70. The van der Waals surface area contributed by atoms with Gasteiger partial charge in [-0.25, -0.2) is 0 Å². The summed E-state index contributed by atoms with van der Waals surface area (Å²) in [4.78, 5) is 19.7. The lowest BCUT2D eigenvalue weighted by atomic mass is 10.0. The number of hydrogen-bond donors (Lipinski definition) is 1. The number of rotatable bonds is 4. The van der Waals surface area contributed by atoms with Crippen LogP contribution in [0.4, 0.5) is 5.69 Å². The molecule has 3 aromatic rings. The highest BCUT2D eigenvalue weighted by atomic mass is 16.2. The van der Waals surface area contributed by atoms with Gasteiger partial charge in [0.05, 0.1) is 11.3 Å². The molecule has 0 bridgehead atoms. The van der Waals surface area contributed by atoms with E-state index < -0.39 is 0 Å². The van der Waals surface area contributed by atoms with E-state index in [0.29, 0.717) is 12.1 Å². The molecule has 0 fully saturated rings. The van der Waals surface area contributed by atoms with Gasteiger partial charge in [0.15, 0.2) is 0 Å². The Labute approximate surface area is 153 Å². The number of carbonyl (C=O) groups is 1. The standard InChI is InChI=1S/C22H21N3O/c1-16-8-7-13-20(23-16)21-24-19-12-6-5-11-18(19)22(26)25(21)15-14-17-9-3-2-4-10-17/h2-13,21,24H,14-15H2,1H3/t21-/m0/s1.